The number of rotatable bonds is 2. The molecule has 1 aromatic heterocycles. The van der Waals surface area contributed by atoms with Crippen LogP contribution in [0.4, 0.5) is 4.79 Å². The fraction of sp³-hybridized carbons (Fsp3) is 0.444. The molecule has 1 aliphatic rings. The molecule has 0 bridgehead atoms. The highest BCUT2D eigenvalue weighted by molar-refractivity contribution is 7.09. The predicted octanol–water partition coefficient (Wildman–Crippen LogP) is 0.831. The van der Waals surface area contributed by atoms with E-state index in [0.717, 1.165) is 4.88 Å². The number of nitrogens with zero attached hydrogens (tertiary/aromatic N) is 2. The van der Waals surface area contributed by atoms with Crippen molar-refractivity contribution in [3.63, 3.8) is 0 Å². The average molecular weight is 225 g/mol. The topological polar surface area (TPSA) is 62.3 Å². The fourth-order valence-corrected chi connectivity index (χ4v) is 2.06. The van der Waals surface area contributed by atoms with E-state index in [2.05, 4.69) is 10.3 Å². The number of aromatic nitrogens is 1. The highest BCUT2D eigenvalue weighted by atomic mass is 32.1. The molecule has 2 rings (SSSR count). The normalized spacial score (nSPS) is 21.7. The number of hydrogen-bond acceptors (Lipinski definition) is 4. The highest BCUT2D eigenvalue weighted by Crippen LogP contribution is 2.14. The van der Waals surface area contributed by atoms with Gasteiger partial charge in [-0.05, 0) is 0 Å². The van der Waals surface area contributed by atoms with E-state index < -0.39 is 0 Å². The Balaban J connectivity index is 2.03. The number of carbonyl (C=O) groups excluding carboxylic acids is 2. The summed E-state index contributed by atoms with van der Waals surface area (Å²) in [5, 5.41) is 2.32. The molecule has 5 nitrogen and oxygen atoms in total. The molecule has 0 aromatic carbocycles. The molecule has 80 valence electrons. The van der Waals surface area contributed by atoms with Crippen LogP contribution in [0, 0.1) is 5.92 Å². The van der Waals surface area contributed by atoms with Crippen LogP contribution in [-0.2, 0) is 11.3 Å². The number of thiazole rings is 1. The minimum atomic E-state index is -0.313. The monoisotopic (exact) mass is 225 g/mol. The smallest absolute Gasteiger partial charge is 0.318 e. The fourth-order valence-electron chi connectivity index (χ4n) is 1.45. The van der Waals surface area contributed by atoms with Gasteiger partial charge in [0.1, 0.15) is 0 Å². The molecule has 0 saturated carbocycles. The van der Waals surface area contributed by atoms with E-state index in [-0.39, 0.29) is 17.9 Å². The third-order valence-electron chi connectivity index (χ3n) is 2.29. The lowest BCUT2D eigenvalue weighted by atomic mass is 10.1. The first kappa shape index (κ1) is 10.1. The summed E-state index contributed by atoms with van der Waals surface area (Å²) < 4.78 is 0. The van der Waals surface area contributed by atoms with Crippen molar-refractivity contribution < 1.29 is 9.59 Å². The molecule has 1 saturated heterocycles. The van der Waals surface area contributed by atoms with E-state index in [4.69, 9.17) is 0 Å². The number of hydrogen-bond donors (Lipinski definition) is 1. The molecule has 0 aliphatic carbocycles. The van der Waals surface area contributed by atoms with Crippen LogP contribution in [0.2, 0.25) is 0 Å². The molecular weight excluding hydrogens is 214 g/mol. The largest absolute Gasteiger partial charge is 0.324 e. The number of urea groups is 1. The SMILES string of the molecule is CC1CN(Cc2cncs2)C(=O)NC1=O. The lowest BCUT2D eigenvalue weighted by molar-refractivity contribution is -0.125. The summed E-state index contributed by atoms with van der Waals surface area (Å²) in [6, 6.07) is -0.313. The molecule has 1 atom stereocenters. The van der Waals surface area contributed by atoms with Gasteiger partial charge in [0, 0.05) is 17.6 Å². The van der Waals surface area contributed by atoms with Gasteiger partial charge in [-0.2, -0.15) is 0 Å². The van der Waals surface area contributed by atoms with Crippen LogP contribution in [0.1, 0.15) is 11.8 Å². The highest BCUT2D eigenvalue weighted by Gasteiger charge is 2.28. The van der Waals surface area contributed by atoms with Gasteiger partial charge in [0.05, 0.1) is 18.0 Å². The van der Waals surface area contributed by atoms with E-state index >= 15 is 0 Å². The number of carbonyl (C=O) groups is 2. The maximum Gasteiger partial charge on any atom is 0.324 e. The van der Waals surface area contributed by atoms with E-state index in [1.807, 2.05) is 0 Å². The van der Waals surface area contributed by atoms with E-state index in [0.29, 0.717) is 13.1 Å². The summed E-state index contributed by atoms with van der Waals surface area (Å²) >= 11 is 1.50. The van der Waals surface area contributed by atoms with Crippen LogP contribution < -0.4 is 5.32 Å². The van der Waals surface area contributed by atoms with Gasteiger partial charge in [-0.3, -0.25) is 15.1 Å². The molecule has 1 aromatic rings. The number of imide groups is 1. The molecule has 6 heteroatoms. The lowest BCUT2D eigenvalue weighted by Gasteiger charge is -2.29. The third kappa shape index (κ3) is 2.15. The van der Waals surface area contributed by atoms with Crippen LogP contribution in [0.15, 0.2) is 11.7 Å². The molecule has 1 aliphatic heterocycles. The van der Waals surface area contributed by atoms with E-state index in [9.17, 15) is 9.59 Å². The zero-order valence-electron chi connectivity index (χ0n) is 8.27. The maximum absolute atomic E-state index is 11.5. The Kier molecular flexibility index (Phi) is 2.68. The Labute approximate surface area is 91.1 Å². The predicted molar refractivity (Wildman–Crippen MR) is 55.2 cm³/mol. The van der Waals surface area contributed by atoms with E-state index in [1.54, 1.807) is 23.5 Å². The summed E-state index contributed by atoms with van der Waals surface area (Å²) in [4.78, 5) is 29.2. The maximum atomic E-state index is 11.5. The Morgan fingerprint density at radius 3 is 3.13 bits per heavy atom. The lowest BCUT2D eigenvalue weighted by Crippen LogP contribution is -2.53. The van der Waals surface area contributed by atoms with Crippen molar-refractivity contribution in [3.05, 3.63) is 16.6 Å². The molecule has 1 fully saturated rings. The molecule has 2 heterocycles. The van der Waals surface area contributed by atoms with Gasteiger partial charge >= 0.3 is 6.03 Å². The standard InChI is InChI=1S/C9H11N3O2S/c1-6-3-12(9(14)11-8(6)13)4-7-2-10-5-15-7/h2,5-6H,3-4H2,1H3,(H,11,13,14). The van der Waals surface area contributed by atoms with Crippen molar-refractivity contribution in [3.8, 4) is 0 Å². The summed E-state index contributed by atoms with van der Waals surface area (Å²) in [5.41, 5.74) is 1.73. The summed E-state index contributed by atoms with van der Waals surface area (Å²) in [6.07, 6.45) is 1.74. The zero-order chi connectivity index (χ0) is 10.8. The minimum Gasteiger partial charge on any atom is -0.318 e. The first-order valence-electron chi connectivity index (χ1n) is 4.64. The van der Waals surface area contributed by atoms with Gasteiger partial charge in [-0.25, -0.2) is 4.79 Å². The van der Waals surface area contributed by atoms with Crippen LogP contribution >= 0.6 is 11.3 Å². The third-order valence-corrected chi connectivity index (χ3v) is 3.05. The van der Waals surface area contributed by atoms with Crippen molar-refractivity contribution in [1.29, 1.82) is 0 Å². The first-order valence-corrected chi connectivity index (χ1v) is 5.52. The molecule has 15 heavy (non-hydrogen) atoms. The second-order valence-electron chi connectivity index (χ2n) is 3.54. The van der Waals surface area contributed by atoms with Gasteiger partial charge < -0.3 is 4.90 Å². The van der Waals surface area contributed by atoms with Gasteiger partial charge in [-0.1, -0.05) is 6.92 Å². The van der Waals surface area contributed by atoms with Crippen molar-refractivity contribution in [2.45, 2.75) is 13.5 Å². The molecule has 3 amide bonds. The van der Waals surface area contributed by atoms with E-state index in [1.165, 1.54) is 11.3 Å². The van der Waals surface area contributed by atoms with Crippen LogP contribution in [0.3, 0.4) is 0 Å². The average Bonchev–Trinajstić information content (AvgIpc) is 2.67. The molecule has 1 unspecified atom stereocenters. The Morgan fingerprint density at radius 2 is 2.47 bits per heavy atom. The van der Waals surface area contributed by atoms with Gasteiger partial charge in [0.25, 0.3) is 0 Å². The Hall–Kier alpha value is -1.43. The summed E-state index contributed by atoms with van der Waals surface area (Å²) in [7, 11) is 0. The Morgan fingerprint density at radius 1 is 1.67 bits per heavy atom. The number of nitrogens with one attached hydrogen (secondary N) is 1. The Bertz CT molecular complexity index is 377. The minimum absolute atomic E-state index is 0.143. The van der Waals surface area contributed by atoms with Crippen molar-refractivity contribution in [2.75, 3.05) is 6.54 Å². The second-order valence-corrected chi connectivity index (χ2v) is 4.51. The quantitative estimate of drug-likeness (QED) is 0.811. The molecule has 0 radical (unpaired) electrons. The van der Waals surface area contributed by atoms with Crippen LogP contribution in [0.25, 0.3) is 0 Å². The summed E-state index contributed by atoms with van der Waals surface area (Å²) in [5.74, 6) is -0.337. The van der Waals surface area contributed by atoms with Crippen molar-refractivity contribution in [1.82, 2.24) is 15.2 Å². The van der Waals surface area contributed by atoms with Crippen molar-refractivity contribution in [2.24, 2.45) is 5.92 Å². The van der Waals surface area contributed by atoms with Crippen molar-refractivity contribution >= 4 is 23.3 Å². The van der Waals surface area contributed by atoms with Crippen LogP contribution in [0.5, 0.6) is 0 Å². The molecule has 1 N–H and O–H groups in total. The zero-order valence-corrected chi connectivity index (χ0v) is 9.08. The molecular formula is C9H11N3O2S. The molecule has 0 spiro atoms. The number of amides is 3. The first-order chi connectivity index (χ1) is 7.16. The van der Waals surface area contributed by atoms with Gasteiger partial charge in [0.2, 0.25) is 5.91 Å². The van der Waals surface area contributed by atoms with Crippen LogP contribution in [-0.4, -0.2) is 28.4 Å². The van der Waals surface area contributed by atoms with Gasteiger partial charge in [-0.15, -0.1) is 11.3 Å². The second kappa shape index (κ2) is 3.98. The van der Waals surface area contributed by atoms with Gasteiger partial charge in [0.15, 0.2) is 0 Å². The summed E-state index contributed by atoms with van der Waals surface area (Å²) in [6.45, 7) is 2.80.